The fraction of sp³-hybridized carbons (Fsp3) is 0.348. The molecule has 0 saturated heterocycles. The Morgan fingerprint density at radius 2 is 1.70 bits per heavy atom. The summed E-state index contributed by atoms with van der Waals surface area (Å²) in [5, 5.41) is 12.9. The van der Waals surface area contributed by atoms with Crippen LogP contribution in [0.1, 0.15) is 27.2 Å². The number of allylic oxidation sites excluding steroid dienone is 2. The first-order chi connectivity index (χ1) is 14.3. The number of hydrogen-bond acceptors (Lipinski definition) is 5. The lowest BCUT2D eigenvalue weighted by Gasteiger charge is -2.23. The van der Waals surface area contributed by atoms with Gasteiger partial charge in [0.15, 0.2) is 0 Å². The van der Waals surface area contributed by atoms with Crippen molar-refractivity contribution in [2.75, 3.05) is 12.4 Å². The number of esters is 1. The van der Waals surface area contributed by atoms with E-state index >= 15 is 0 Å². The Labute approximate surface area is 178 Å². The number of benzene rings is 1. The third-order valence-corrected chi connectivity index (χ3v) is 7.12. The van der Waals surface area contributed by atoms with Gasteiger partial charge in [-0.25, -0.2) is 4.79 Å². The van der Waals surface area contributed by atoms with Crippen molar-refractivity contribution < 1.29 is 24.2 Å². The highest BCUT2D eigenvalue weighted by molar-refractivity contribution is 7.17. The molecule has 6 nitrogen and oxygen atoms in total. The van der Waals surface area contributed by atoms with E-state index < -0.39 is 23.8 Å². The van der Waals surface area contributed by atoms with Gasteiger partial charge in [0.25, 0.3) is 0 Å². The van der Waals surface area contributed by atoms with E-state index in [4.69, 9.17) is 4.74 Å². The van der Waals surface area contributed by atoms with E-state index in [0.29, 0.717) is 17.0 Å². The van der Waals surface area contributed by atoms with Crippen molar-refractivity contribution in [3.05, 3.63) is 52.4 Å². The Morgan fingerprint density at radius 1 is 1.07 bits per heavy atom. The lowest BCUT2D eigenvalue weighted by atomic mass is 9.82. The van der Waals surface area contributed by atoms with Crippen LogP contribution in [0.2, 0.25) is 0 Å². The predicted molar refractivity (Wildman–Crippen MR) is 115 cm³/mol. The number of carbonyl (C=O) groups is 3. The number of carbonyl (C=O) groups excluding carboxylic acids is 2. The van der Waals surface area contributed by atoms with Crippen molar-refractivity contribution in [3.63, 3.8) is 0 Å². The van der Waals surface area contributed by atoms with Crippen LogP contribution in [0, 0.1) is 37.5 Å². The zero-order valence-electron chi connectivity index (χ0n) is 17.0. The van der Waals surface area contributed by atoms with Gasteiger partial charge in [0, 0.05) is 10.4 Å². The topological polar surface area (TPSA) is 92.7 Å². The van der Waals surface area contributed by atoms with Crippen LogP contribution in [-0.2, 0) is 14.3 Å². The molecule has 1 amide bonds. The summed E-state index contributed by atoms with van der Waals surface area (Å²) >= 11 is 1.30. The Bertz CT molecular complexity index is 1050. The molecule has 0 spiro atoms. The van der Waals surface area contributed by atoms with Crippen molar-refractivity contribution in [1.82, 2.24) is 0 Å². The van der Waals surface area contributed by atoms with Crippen LogP contribution in [0.3, 0.4) is 0 Å². The summed E-state index contributed by atoms with van der Waals surface area (Å²) in [6.07, 6.45) is 4.52. The molecule has 0 radical (unpaired) electrons. The van der Waals surface area contributed by atoms with Gasteiger partial charge < -0.3 is 15.2 Å². The van der Waals surface area contributed by atoms with E-state index in [1.807, 2.05) is 50.3 Å². The van der Waals surface area contributed by atoms with E-state index in [1.165, 1.54) is 18.4 Å². The van der Waals surface area contributed by atoms with Crippen molar-refractivity contribution in [2.45, 2.75) is 20.3 Å². The number of aryl methyl sites for hydroxylation is 2. The molecule has 4 rings (SSSR count). The fourth-order valence-corrected chi connectivity index (χ4v) is 5.78. The number of aliphatic carboxylic acids is 1. The summed E-state index contributed by atoms with van der Waals surface area (Å²) in [4.78, 5) is 38.4. The molecular weight excluding hydrogens is 402 g/mol. The van der Waals surface area contributed by atoms with Gasteiger partial charge in [-0.3, -0.25) is 9.59 Å². The number of nitrogens with one attached hydrogen (secondary N) is 1. The molecule has 2 aliphatic carbocycles. The van der Waals surface area contributed by atoms with Crippen molar-refractivity contribution in [3.8, 4) is 11.1 Å². The summed E-state index contributed by atoms with van der Waals surface area (Å²) in [5.74, 6) is -3.43. The molecule has 1 aromatic carbocycles. The molecule has 2 aliphatic rings. The third kappa shape index (κ3) is 3.33. The van der Waals surface area contributed by atoms with Gasteiger partial charge in [0.05, 0.1) is 18.9 Å². The van der Waals surface area contributed by atoms with Gasteiger partial charge in [0.2, 0.25) is 5.91 Å². The number of anilines is 1. The average Bonchev–Trinajstić information content (AvgIpc) is 3.41. The normalized spacial score (nSPS) is 24.1. The molecule has 1 heterocycles. The Morgan fingerprint density at radius 3 is 2.30 bits per heavy atom. The van der Waals surface area contributed by atoms with Crippen LogP contribution in [-0.4, -0.2) is 30.1 Å². The minimum absolute atomic E-state index is 0.0877. The average molecular weight is 426 g/mol. The zero-order chi connectivity index (χ0) is 21.6. The molecule has 30 heavy (non-hydrogen) atoms. The largest absolute Gasteiger partial charge is 0.481 e. The molecule has 0 aliphatic heterocycles. The molecule has 0 unspecified atom stereocenters. The lowest BCUT2D eigenvalue weighted by Crippen LogP contribution is -2.36. The van der Waals surface area contributed by atoms with E-state index in [2.05, 4.69) is 5.32 Å². The van der Waals surface area contributed by atoms with Crippen LogP contribution in [0.15, 0.2) is 36.4 Å². The molecule has 4 atom stereocenters. The Hall–Kier alpha value is -2.93. The number of carboxylic acid groups (broad SMARTS) is 1. The SMILES string of the molecule is COC(=O)c1c(NC(=O)[C@H]2[C@@H](C(=O)O)[C@H]3C=C[C@H]2C3)sc(C)c1-c1ccc(C)cc1. The molecule has 2 aromatic rings. The van der Waals surface area contributed by atoms with Gasteiger partial charge in [-0.1, -0.05) is 42.0 Å². The van der Waals surface area contributed by atoms with Gasteiger partial charge in [-0.2, -0.15) is 0 Å². The Kier molecular flexibility index (Phi) is 5.24. The standard InChI is InChI=1S/C23H23NO5S/c1-11-4-6-13(7-5-11)16-12(2)30-21(19(16)23(28)29-3)24-20(25)17-14-8-9-15(10-14)18(17)22(26)27/h4-9,14-15,17-18H,10H2,1-3H3,(H,24,25)(H,26,27)/t14-,15-,17+,18-/m0/s1. The van der Waals surface area contributed by atoms with E-state index in [-0.39, 0.29) is 17.7 Å². The highest BCUT2D eigenvalue weighted by atomic mass is 32.1. The van der Waals surface area contributed by atoms with Gasteiger partial charge in [0.1, 0.15) is 10.6 Å². The number of carboxylic acids is 1. The summed E-state index contributed by atoms with van der Waals surface area (Å²) in [5.41, 5.74) is 3.00. The maximum Gasteiger partial charge on any atom is 0.341 e. The molecule has 2 bridgehead atoms. The number of ether oxygens (including phenoxy) is 1. The zero-order valence-corrected chi connectivity index (χ0v) is 17.8. The summed E-state index contributed by atoms with van der Waals surface area (Å²) in [7, 11) is 1.31. The summed E-state index contributed by atoms with van der Waals surface area (Å²) in [6, 6.07) is 7.79. The predicted octanol–water partition coefficient (Wildman–Crippen LogP) is 4.28. The number of fused-ring (bicyclic) bond motifs is 2. The van der Waals surface area contributed by atoms with Gasteiger partial charge >= 0.3 is 11.9 Å². The van der Waals surface area contributed by atoms with Gasteiger partial charge in [-0.05, 0) is 37.7 Å². The molecule has 2 N–H and O–H groups in total. The first-order valence-corrected chi connectivity index (χ1v) is 10.6. The molecule has 1 saturated carbocycles. The maximum atomic E-state index is 13.1. The summed E-state index contributed by atoms with van der Waals surface area (Å²) < 4.78 is 5.00. The maximum absolute atomic E-state index is 13.1. The number of hydrogen-bond donors (Lipinski definition) is 2. The van der Waals surface area contributed by atoms with Crippen LogP contribution < -0.4 is 5.32 Å². The van der Waals surface area contributed by atoms with Crippen LogP contribution in [0.25, 0.3) is 11.1 Å². The highest BCUT2D eigenvalue weighted by Gasteiger charge is 2.51. The highest BCUT2D eigenvalue weighted by Crippen LogP contribution is 2.49. The number of methoxy groups -OCH3 is 1. The molecular formula is C23H23NO5S. The van der Waals surface area contributed by atoms with Crippen LogP contribution in [0.5, 0.6) is 0 Å². The first-order valence-electron chi connectivity index (χ1n) is 9.82. The third-order valence-electron chi connectivity index (χ3n) is 6.10. The second kappa shape index (κ2) is 7.72. The first kappa shape index (κ1) is 20.3. The molecule has 1 fully saturated rings. The van der Waals surface area contributed by atoms with E-state index in [9.17, 15) is 19.5 Å². The van der Waals surface area contributed by atoms with Crippen molar-refractivity contribution in [1.29, 1.82) is 0 Å². The fourth-order valence-electron chi connectivity index (χ4n) is 4.71. The smallest absolute Gasteiger partial charge is 0.341 e. The van der Waals surface area contributed by atoms with E-state index in [1.54, 1.807) is 0 Å². The molecule has 156 valence electrons. The van der Waals surface area contributed by atoms with E-state index in [0.717, 1.165) is 21.6 Å². The van der Waals surface area contributed by atoms with Crippen molar-refractivity contribution in [2.24, 2.45) is 23.7 Å². The van der Waals surface area contributed by atoms with Crippen LogP contribution >= 0.6 is 11.3 Å². The van der Waals surface area contributed by atoms with Crippen molar-refractivity contribution >= 4 is 34.2 Å². The molecule has 1 aromatic heterocycles. The van der Waals surface area contributed by atoms with Crippen LogP contribution in [0.4, 0.5) is 5.00 Å². The minimum Gasteiger partial charge on any atom is -0.481 e. The quantitative estimate of drug-likeness (QED) is 0.551. The number of rotatable bonds is 5. The number of amides is 1. The Balaban J connectivity index is 1.71. The lowest BCUT2D eigenvalue weighted by molar-refractivity contribution is -0.146. The van der Waals surface area contributed by atoms with Gasteiger partial charge in [-0.15, -0.1) is 11.3 Å². The molecule has 7 heteroatoms. The number of thiophene rings is 1. The minimum atomic E-state index is -0.956. The summed E-state index contributed by atoms with van der Waals surface area (Å²) in [6.45, 7) is 3.88. The monoisotopic (exact) mass is 425 g/mol. The second-order valence-corrected chi connectivity index (χ2v) is 9.15. The second-order valence-electron chi connectivity index (χ2n) is 7.92.